The minimum atomic E-state index is -0.0404. The number of benzene rings is 1. The van der Waals surface area contributed by atoms with Crippen molar-refractivity contribution in [3.63, 3.8) is 0 Å². The van der Waals surface area contributed by atoms with E-state index in [0.29, 0.717) is 11.6 Å². The molecule has 1 atom stereocenters. The fourth-order valence-electron chi connectivity index (χ4n) is 2.77. The van der Waals surface area contributed by atoms with Gasteiger partial charge in [0.1, 0.15) is 5.69 Å². The first-order chi connectivity index (χ1) is 8.86. The summed E-state index contributed by atoms with van der Waals surface area (Å²) >= 11 is 0. The Morgan fingerprint density at radius 2 is 2.22 bits per heavy atom. The molecule has 1 aromatic heterocycles. The van der Waals surface area contributed by atoms with Crippen LogP contribution >= 0.6 is 0 Å². The fraction of sp³-hybridized carbons (Fsp3) is 0.429. The molecule has 0 bridgehead atoms. The van der Waals surface area contributed by atoms with Crippen LogP contribution in [0.2, 0.25) is 0 Å². The van der Waals surface area contributed by atoms with E-state index in [9.17, 15) is 0 Å². The molecule has 18 heavy (non-hydrogen) atoms. The Bertz CT molecular complexity index is 535. The summed E-state index contributed by atoms with van der Waals surface area (Å²) in [6, 6.07) is 8.67. The van der Waals surface area contributed by atoms with Crippen LogP contribution in [0.5, 0.6) is 0 Å². The van der Waals surface area contributed by atoms with Crippen LogP contribution in [0.4, 0.5) is 0 Å². The molecule has 1 aliphatic carbocycles. The highest BCUT2D eigenvalue weighted by atomic mass is 16.3. The summed E-state index contributed by atoms with van der Waals surface area (Å²) in [6.45, 7) is 0.811. The molecular formula is C14H17N3O. The summed E-state index contributed by atoms with van der Waals surface area (Å²) in [7, 11) is 0. The second kappa shape index (κ2) is 4.90. The standard InChI is InChI=1S/C14H17N3O/c18-10-13-9-17(16-15-13)8-12-6-3-5-11-4-1-2-7-14(11)12/h1-2,4,7,9,12,18H,3,5-6,8,10H2. The van der Waals surface area contributed by atoms with Crippen molar-refractivity contribution in [1.29, 1.82) is 0 Å². The molecule has 0 fully saturated rings. The first kappa shape index (κ1) is 11.4. The maximum Gasteiger partial charge on any atom is 0.108 e. The molecule has 0 saturated carbocycles. The molecule has 1 unspecified atom stereocenters. The number of nitrogens with zero attached hydrogens (tertiary/aromatic N) is 3. The number of hydrogen-bond donors (Lipinski definition) is 1. The second-order valence-electron chi connectivity index (χ2n) is 4.88. The van der Waals surface area contributed by atoms with Crippen LogP contribution < -0.4 is 0 Å². The number of rotatable bonds is 3. The molecule has 1 aliphatic rings. The van der Waals surface area contributed by atoms with E-state index in [1.54, 1.807) is 0 Å². The van der Waals surface area contributed by atoms with Gasteiger partial charge in [-0.05, 0) is 30.4 Å². The molecule has 0 spiro atoms. The molecule has 0 saturated heterocycles. The smallest absolute Gasteiger partial charge is 0.108 e. The number of hydrogen-bond acceptors (Lipinski definition) is 3. The molecule has 1 heterocycles. The van der Waals surface area contributed by atoms with Crippen molar-refractivity contribution in [2.75, 3.05) is 0 Å². The minimum absolute atomic E-state index is 0.0404. The highest BCUT2D eigenvalue weighted by molar-refractivity contribution is 5.32. The molecule has 0 aliphatic heterocycles. The van der Waals surface area contributed by atoms with E-state index >= 15 is 0 Å². The number of fused-ring (bicyclic) bond motifs is 1. The van der Waals surface area contributed by atoms with E-state index in [-0.39, 0.29) is 6.61 Å². The first-order valence-corrected chi connectivity index (χ1v) is 6.44. The lowest BCUT2D eigenvalue weighted by atomic mass is 9.83. The van der Waals surface area contributed by atoms with E-state index in [1.165, 1.54) is 30.4 Å². The average Bonchev–Trinajstić information content (AvgIpc) is 2.87. The molecule has 3 rings (SSSR count). The zero-order valence-corrected chi connectivity index (χ0v) is 10.3. The van der Waals surface area contributed by atoms with Gasteiger partial charge in [0, 0.05) is 12.5 Å². The van der Waals surface area contributed by atoms with Gasteiger partial charge < -0.3 is 5.11 Å². The molecule has 4 heteroatoms. The van der Waals surface area contributed by atoms with Crippen molar-refractivity contribution in [2.45, 2.75) is 38.3 Å². The second-order valence-corrected chi connectivity index (χ2v) is 4.88. The van der Waals surface area contributed by atoms with Crippen molar-refractivity contribution in [3.8, 4) is 0 Å². The van der Waals surface area contributed by atoms with Gasteiger partial charge in [-0.2, -0.15) is 0 Å². The van der Waals surface area contributed by atoms with E-state index in [0.717, 1.165) is 6.54 Å². The van der Waals surface area contributed by atoms with Gasteiger partial charge in [0.25, 0.3) is 0 Å². The number of aromatic nitrogens is 3. The third-order valence-electron chi connectivity index (χ3n) is 3.65. The fourth-order valence-corrected chi connectivity index (χ4v) is 2.77. The van der Waals surface area contributed by atoms with Crippen LogP contribution in [-0.4, -0.2) is 20.1 Å². The average molecular weight is 243 g/mol. The van der Waals surface area contributed by atoms with Gasteiger partial charge in [-0.25, -0.2) is 0 Å². The molecule has 0 radical (unpaired) electrons. The third-order valence-corrected chi connectivity index (χ3v) is 3.65. The largest absolute Gasteiger partial charge is 0.390 e. The maximum atomic E-state index is 9.00. The zero-order valence-electron chi connectivity index (χ0n) is 10.3. The van der Waals surface area contributed by atoms with Crippen LogP contribution in [0.15, 0.2) is 30.5 Å². The number of aryl methyl sites for hydroxylation is 1. The predicted molar refractivity (Wildman–Crippen MR) is 68.1 cm³/mol. The Labute approximate surface area is 106 Å². The Morgan fingerprint density at radius 3 is 3.06 bits per heavy atom. The number of aliphatic hydroxyl groups is 1. The predicted octanol–water partition coefficient (Wildman–Crippen LogP) is 1.89. The van der Waals surface area contributed by atoms with Crippen molar-refractivity contribution in [3.05, 3.63) is 47.3 Å². The van der Waals surface area contributed by atoms with E-state index in [4.69, 9.17) is 5.11 Å². The Kier molecular flexibility index (Phi) is 3.11. The monoisotopic (exact) mass is 243 g/mol. The lowest BCUT2D eigenvalue weighted by Gasteiger charge is -2.25. The normalized spacial score (nSPS) is 18.6. The lowest BCUT2D eigenvalue weighted by molar-refractivity contribution is 0.276. The van der Waals surface area contributed by atoms with Crippen molar-refractivity contribution in [1.82, 2.24) is 15.0 Å². The van der Waals surface area contributed by atoms with Gasteiger partial charge in [0.15, 0.2) is 0 Å². The SMILES string of the molecule is OCc1cn(CC2CCCc3ccccc32)nn1. The Morgan fingerprint density at radius 1 is 1.33 bits per heavy atom. The van der Waals surface area contributed by atoms with Crippen molar-refractivity contribution in [2.24, 2.45) is 0 Å². The summed E-state index contributed by atoms with van der Waals surface area (Å²) in [5.41, 5.74) is 3.56. The molecule has 4 nitrogen and oxygen atoms in total. The first-order valence-electron chi connectivity index (χ1n) is 6.44. The Balaban J connectivity index is 1.81. The van der Waals surface area contributed by atoms with Crippen molar-refractivity contribution < 1.29 is 5.11 Å². The van der Waals surface area contributed by atoms with Crippen LogP contribution in [0.25, 0.3) is 0 Å². The maximum absolute atomic E-state index is 9.00. The molecule has 1 N–H and O–H groups in total. The molecule has 2 aromatic rings. The van der Waals surface area contributed by atoms with Crippen LogP contribution in [0, 0.1) is 0 Å². The highest BCUT2D eigenvalue weighted by Gasteiger charge is 2.20. The number of aliphatic hydroxyl groups excluding tert-OH is 1. The van der Waals surface area contributed by atoms with E-state index in [1.807, 2.05) is 10.9 Å². The Hall–Kier alpha value is -1.68. The topological polar surface area (TPSA) is 50.9 Å². The molecule has 1 aromatic carbocycles. The summed E-state index contributed by atoms with van der Waals surface area (Å²) in [5.74, 6) is 0.517. The lowest BCUT2D eigenvalue weighted by Crippen LogP contribution is -2.15. The van der Waals surface area contributed by atoms with Gasteiger partial charge in [-0.1, -0.05) is 29.5 Å². The molecular weight excluding hydrogens is 226 g/mol. The quantitative estimate of drug-likeness (QED) is 0.895. The van der Waals surface area contributed by atoms with E-state index in [2.05, 4.69) is 34.6 Å². The van der Waals surface area contributed by atoms with Crippen LogP contribution in [0.1, 0.15) is 35.6 Å². The molecule has 94 valence electrons. The molecule has 0 amide bonds. The van der Waals surface area contributed by atoms with Gasteiger partial charge in [-0.15, -0.1) is 5.10 Å². The summed E-state index contributed by atoms with van der Waals surface area (Å²) < 4.78 is 1.85. The van der Waals surface area contributed by atoms with Crippen LogP contribution in [0.3, 0.4) is 0 Å². The van der Waals surface area contributed by atoms with Crippen molar-refractivity contribution >= 4 is 0 Å². The van der Waals surface area contributed by atoms with Crippen LogP contribution in [-0.2, 0) is 19.6 Å². The zero-order chi connectivity index (χ0) is 12.4. The van der Waals surface area contributed by atoms with Gasteiger partial charge >= 0.3 is 0 Å². The highest BCUT2D eigenvalue weighted by Crippen LogP contribution is 2.32. The summed E-state index contributed by atoms with van der Waals surface area (Å²) in [5, 5.41) is 17.0. The van der Waals surface area contributed by atoms with E-state index < -0.39 is 0 Å². The van der Waals surface area contributed by atoms with Gasteiger partial charge in [-0.3, -0.25) is 4.68 Å². The minimum Gasteiger partial charge on any atom is -0.390 e. The third kappa shape index (κ3) is 2.16. The van der Waals surface area contributed by atoms with Gasteiger partial charge in [0.05, 0.1) is 12.8 Å². The van der Waals surface area contributed by atoms with Gasteiger partial charge in [0.2, 0.25) is 0 Å². The summed E-state index contributed by atoms with van der Waals surface area (Å²) in [6.07, 6.45) is 5.46. The summed E-state index contributed by atoms with van der Waals surface area (Å²) in [4.78, 5) is 0.